The molecule has 1 saturated heterocycles. The second-order valence-electron chi connectivity index (χ2n) is 4.66. The van der Waals surface area contributed by atoms with Gasteiger partial charge in [0.05, 0.1) is 6.61 Å². The molecule has 0 bridgehead atoms. The van der Waals surface area contributed by atoms with E-state index in [4.69, 9.17) is 22.1 Å². The molecular formula is C13H18ClNO. The molecule has 16 heavy (non-hydrogen) atoms. The molecule has 1 atom stereocenters. The second-order valence-corrected chi connectivity index (χ2v) is 5.10. The van der Waals surface area contributed by atoms with Gasteiger partial charge in [-0.25, -0.2) is 0 Å². The van der Waals surface area contributed by atoms with Gasteiger partial charge in [0.2, 0.25) is 0 Å². The molecule has 1 aromatic rings. The lowest BCUT2D eigenvalue weighted by molar-refractivity contribution is -0.00263. The molecule has 1 heterocycles. The predicted octanol–water partition coefficient (Wildman–Crippen LogP) is 2.64. The number of rotatable bonds is 3. The maximum atomic E-state index is 5.91. The Labute approximate surface area is 102 Å². The first-order chi connectivity index (χ1) is 7.74. The van der Waals surface area contributed by atoms with E-state index < -0.39 is 0 Å². The van der Waals surface area contributed by atoms with Crippen LogP contribution in [0.25, 0.3) is 0 Å². The molecule has 0 aromatic heterocycles. The predicted molar refractivity (Wildman–Crippen MR) is 66.7 cm³/mol. The Morgan fingerprint density at radius 3 is 2.62 bits per heavy atom. The van der Waals surface area contributed by atoms with E-state index in [1.807, 2.05) is 12.1 Å². The Balaban J connectivity index is 2.08. The third kappa shape index (κ3) is 2.76. The topological polar surface area (TPSA) is 35.2 Å². The molecule has 0 spiro atoms. The summed E-state index contributed by atoms with van der Waals surface area (Å²) in [6.07, 6.45) is 3.26. The average molecular weight is 240 g/mol. The van der Waals surface area contributed by atoms with E-state index in [2.05, 4.69) is 12.1 Å². The maximum Gasteiger partial charge on any atom is 0.0537 e. The molecule has 0 radical (unpaired) electrons. The zero-order valence-corrected chi connectivity index (χ0v) is 10.2. The standard InChI is InChI=1S/C13H18ClNO/c14-12-4-2-11(3-5-12)8-13(9-15)6-1-7-16-10-13/h2-5H,1,6-10,15H2. The van der Waals surface area contributed by atoms with Crippen molar-refractivity contribution in [2.45, 2.75) is 19.3 Å². The maximum absolute atomic E-state index is 5.91. The van der Waals surface area contributed by atoms with Crippen LogP contribution in [-0.2, 0) is 11.2 Å². The number of hydrogen-bond acceptors (Lipinski definition) is 2. The molecular weight excluding hydrogens is 222 g/mol. The summed E-state index contributed by atoms with van der Waals surface area (Å²) in [5, 5.41) is 0.783. The summed E-state index contributed by atoms with van der Waals surface area (Å²) < 4.78 is 5.57. The molecule has 88 valence electrons. The summed E-state index contributed by atoms with van der Waals surface area (Å²) in [7, 11) is 0. The minimum absolute atomic E-state index is 0.131. The van der Waals surface area contributed by atoms with Crippen molar-refractivity contribution in [2.75, 3.05) is 19.8 Å². The highest BCUT2D eigenvalue weighted by Crippen LogP contribution is 2.31. The highest BCUT2D eigenvalue weighted by Gasteiger charge is 2.31. The molecule has 1 unspecified atom stereocenters. The lowest BCUT2D eigenvalue weighted by atomic mass is 9.77. The third-order valence-corrected chi connectivity index (χ3v) is 3.58. The highest BCUT2D eigenvalue weighted by molar-refractivity contribution is 6.30. The molecule has 1 aliphatic heterocycles. The van der Waals surface area contributed by atoms with Crippen molar-refractivity contribution in [2.24, 2.45) is 11.1 Å². The Hall–Kier alpha value is -0.570. The van der Waals surface area contributed by atoms with Crippen LogP contribution in [0.2, 0.25) is 5.02 Å². The molecule has 2 nitrogen and oxygen atoms in total. The summed E-state index contributed by atoms with van der Waals surface area (Å²) in [4.78, 5) is 0. The van der Waals surface area contributed by atoms with Crippen molar-refractivity contribution in [3.05, 3.63) is 34.9 Å². The zero-order valence-electron chi connectivity index (χ0n) is 9.42. The Bertz CT molecular complexity index is 330. The molecule has 0 amide bonds. The van der Waals surface area contributed by atoms with Crippen molar-refractivity contribution < 1.29 is 4.74 Å². The minimum Gasteiger partial charge on any atom is -0.381 e. The van der Waals surface area contributed by atoms with E-state index in [1.54, 1.807) is 0 Å². The van der Waals surface area contributed by atoms with Gasteiger partial charge in [-0.1, -0.05) is 23.7 Å². The fraction of sp³-hybridized carbons (Fsp3) is 0.538. The fourth-order valence-electron chi connectivity index (χ4n) is 2.32. The van der Waals surface area contributed by atoms with Gasteiger partial charge in [0, 0.05) is 23.6 Å². The van der Waals surface area contributed by atoms with Crippen molar-refractivity contribution in [3.63, 3.8) is 0 Å². The Kier molecular flexibility index (Phi) is 3.85. The van der Waals surface area contributed by atoms with E-state index in [9.17, 15) is 0 Å². The van der Waals surface area contributed by atoms with E-state index in [1.165, 1.54) is 5.56 Å². The van der Waals surface area contributed by atoms with Gasteiger partial charge in [0.1, 0.15) is 0 Å². The Morgan fingerprint density at radius 2 is 2.06 bits per heavy atom. The quantitative estimate of drug-likeness (QED) is 0.880. The summed E-state index contributed by atoms with van der Waals surface area (Å²) in [6.45, 7) is 2.35. The fourth-order valence-corrected chi connectivity index (χ4v) is 2.44. The summed E-state index contributed by atoms with van der Waals surface area (Å²) in [5.41, 5.74) is 7.33. The normalized spacial score (nSPS) is 25.6. The molecule has 2 rings (SSSR count). The van der Waals surface area contributed by atoms with Crippen molar-refractivity contribution in [1.29, 1.82) is 0 Å². The minimum atomic E-state index is 0.131. The first-order valence-corrected chi connectivity index (χ1v) is 6.14. The number of ether oxygens (including phenoxy) is 1. The highest BCUT2D eigenvalue weighted by atomic mass is 35.5. The van der Waals surface area contributed by atoms with Crippen LogP contribution in [0.15, 0.2) is 24.3 Å². The molecule has 2 N–H and O–H groups in total. The van der Waals surface area contributed by atoms with Gasteiger partial charge < -0.3 is 10.5 Å². The number of halogens is 1. The van der Waals surface area contributed by atoms with Gasteiger partial charge in [-0.05, 0) is 37.0 Å². The second kappa shape index (κ2) is 5.17. The van der Waals surface area contributed by atoms with Crippen molar-refractivity contribution >= 4 is 11.6 Å². The van der Waals surface area contributed by atoms with E-state index in [-0.39, 0.29) is 5.41 Å². The van der Waals surface area contributed by atoms with Crippen LogP contribution in [0, 0.1) is 5.41 Å². The molecule has 1 aromatic carbocycles. The van der Waals surface area contributed by atoms with Crippen LogP contribution >= 0.6 is 11.6 Å². The van der Waals surface area contributed by atoms with E-state index in [0.29, 0.717) is 6.54 Å². The van der Waals surface area contributed by atoms with Crippen molar-refractivity contribution in [3.8, 4) is 0 Å². The summed E-state index contributed by atoms with van der Waals surface area (Å²) in [5.74, 6) is 0. The van der Waals surface area contributed by atoms with Gasteiger partial charge in [-0.2, -0.15) is 0 Å². The molecule has 1 aliphatic rings. The van der Waals surface area contributed by atoms with Crippen LogP contribution in [0.1, 0.15) is 18.4 Å². The van der Waals surface area contributed by atoms with Gasteiger partial charge in [-0.3, -0.25) is 0 Å². The number of benzene rings is 1. The van der Waals surface area contributed by atoms with Gasteiger partial charge in [0.25, 0.3) is 0 Å². The van der Waals surface area contributed by atoms with Crippen LogP contribution < -0.4 is 5.73 Å². The van der Waals surface area contributed by atoms with Gasteiger partial charge in [0.15, 0.2) is 0 Å². The first kappa shape index (κ1) is 11.9. The largest absolute Gasteiger partial charge is 0.381 e. The summed E-state index contributed by atoms with van der Waals surface area (Å²) >= 11 is 5.87. The van der Waals surface area contributed by atoms with E-state index in [0.717, 1.165) is 37.5 Å². The first-order valence-electron chi connectivity index (χ1n) is 5.76. The molecule has 0 saturated carbocycles. The summed E-state index contributed by atoms with van der Waals surface area (Å²) in [6, 6.07) is 8.03. The molecule has 1 fully saturated rings. The lowest BCUT2D eigenvalue weighted by Gasteiger charge is -2.36. The number of hydrogen-bond donors (Lipinski definition) is 1. The van der Waals surface area contributed by atoms with Gasteiger partial charge in [-0.15, -0.1) is 0 Å². The SMILES string of the molecule is NCC1(Cc2ccc(Cl)cc2)CCCOC1. The van der Waals surface area contributed by atoms with Crippen LogP contribution in [0.3, 0.4) is 0 Å². The van der Waals surface area contributed by atoms with Crippen LogP contribution in [0.5, 0.6) is 0 Å². The lowest BCUT2D eigenvalue weighted by Crippen LogP contribution is -2.40. The zero-order chi connectivity index (χ0) is 11.4. The van der Waals surface area contributed by atoms with Crippen LogP contribution in [-0.4, -0.2) is 19.8 Å². The third-order valence-electron chi connectivity index (χ3n) is 3.33. The smallest absolute Gasteiger partial charge is 0.0537 e. The molecule has 3 heteroatoms. The van der Waals surface area contributed by atoms with Gasteiger partial charge >= 0.3 is 0 Å². The number of nitrogens with two attached hydrogens (primary N) is 1. The Morgan fingerprint density at radius 1 is 1.31 bits per heavy atom. The van der Waals surface area contributed by atoms with Crippen molar-refractivity contribution in [1.82, 2.24) is 0 Å². The average Bonchev–Trinajstić information content (AvgIpc) is 2.33. The molecule has 0 aliphatic carbocycles. The monoisotopic (exact) mass is 239 g/mol. The van der Waals surface area contributed by atoms with E-state index >= 15 is 0 Å². The van der Waals surface area contributed by atoms with Crippen LogP contribution in [0.4, 0.5) is 0 Å².